The molecule has 2 heterocycles. The molecule has 0 saturated carbocycles. The van der Waals surface area contributed by atoms with E-state index in [0.29, 0.717) is 17.2 Å². The fourth-order valence-electron chi connectivity index (χ4n) is 1.90. The maximum atomic E-state index is 12.4. The summed E-state index contributed by atoms with van der Waals surface area (Å²) in [6.07, 6.45) is 1.02. The largest absolute Gasteiger partial charge is 0.465 e. The third kappa shape index (κ3) is 4.41. The quantitative estimate of drug-likeness (QED) is 0.731. The first-order valence-electron chi connectivity index (χ1n) is 6.85. The molecule has 116 valence electrons. The van der Waals surface area contributed by atoms with Crippen LogP contribution in [0.25, 0.3) is 0 Å². The van der Waals surface area contributed by atoms with Gasteiger partial charge in [0.1, 0.15) is 11.5 Å². The molecule has 0 fully saturated rings. The van der Waals surface area contributed by atoms with Gasteiger partial charge in [0, 0.05) is 11.4 Å². The van der Waals surface area contributed by atoms with E-state index >= 15 is 0 Å². The molecule has 2 aromatic heterocycles. The van der Waals surface area contributed by atoms with Crippen molar-refractivity contribution in [3.05, 3.63) is 40.0 Å². The molecule has 2 N–H and O–H groups in total. The molecule has 0 aliphatic carbocycles. The molecule has 2 rings (SSSR count). The normalized spacial score (nSPS) is 11.9. The summed E-state index contributed by atoms with van der Waals surface area (Å²) in [6.45, 7) is 5.51. The summed E-state index contributed by atoms with van der Waals surface area (Å²) in [6, 6.07) is 5.23. The van der Waals surface area contributed by atoms with Crippen LogP contribution < -0.4 is 10.0 Å². The number of hydrogen-bond acceptors (Lipinski definition) is 5. The second-order valence-corrected chi connectivity index (χ2v) is 7.46. The first kappa shape index (κ1) is 16.2. The van der Waals surface area contributed by atoms with E-state index in [1.165, 1.54) is 11.3 Å². The standard InChI is InChI=1S/C14H20N2O3S2/c1-3-7-15-10-13-14(6-8-20-13)21(17,18)16-9-12-5-4-11(2)19-12/h4-6,8,15-16H,3,7,9-10H2,1-2H3. The van der Waals surface area contributed by atoms with Gasteiger partial charge in [-0.1, -0.05) is 6.92 Å². The van der Waals surface area contributed by atoms with E-state index < -0.39 is 10.0 Å². The Labute approximate surface area is 129 Å². The van der Waals surface area contributed by atoms with Gasteiger partial charge in [-0.2, -0.15) is 0 Å². The van der Waals surface area contributed by atoms with Crippen molar-refractivity contribution in [3.63, 3.8) is 0 Å². The van der Waals surface area contributed by atoms with Gasteiger partial charge in [-0.15, -0.1) is 11.3 Å². The Balaban J connectivity index is 2.03. The van der Waals surface area contributed by atoms with Crippen LogP contribution in [0.3, 0.4) is 0 Å². The zero-order valence-corrected chi connectivity index (χ0v) is 13.8. The summed E-state index contributed by atoms with van der Waals surface area (Å²) in [5.41, 5.74) is 0. The van der Waals surface area contributed by atoms with Crippen molar-refractivity contribution in [2.45, 2.75) is 38.3 Å². The molecule has 0 aliphatic heterocycles. The molecule has 0 bridgehead atoms. The van der Waals surface area contributed by atoms with Crippen LogP contribution in [0.4, 0.5) is 0 Å². The minimum absolute atomic E-state index is 0.161. The van der Waals surface area contributed by atoms with Gasteiger partial charge in [0.05, 0.1) is 11.4 Å². The Morgan fingerprint density at radius 3 is 2.71 bits per heavy atom. The maximum absolute atomic E-state index is 12.4. The van der Waals surface area contributed by atoms with Crippen molar-refractivity contribution in [3.8, 4) is 0 Å². The number of nitrogens with one attached hydrogen (secondary N) is 2. The molecule has 0 amide bonds. The number of hydrogen-bond donors (Lipinski definition) is 2. The van der Waals surface area contributed by atoms with Crippen LogP contribution in [-0.2, 0) is 23.1 Å². The van der Waals surface area contributed by atoms with Crippen molar-refractivity contribution in [1.29, 1.82) is 0 Å². The van der Waals surface area contributed by atoms with Crippen LogP contribution in [0, 0.1) is 6.92 Å². The van der Waals surface area contributed by atoms with E-state index in [9.17, 15) is 8.42 Å². The SMILES string of the molecule is CCCNCc1sccc1S(=O)(=O)NCc1ccc(C)o1. The van der Waals surface area contributed by atoms with E-state index in [0.717, 1.165) is 23.6 Å². The topological polar surface area (TPSA) is 71.3 Å². The summed E-state index contributed by atoms with van der Waals surface area (Å²) >= 11 is 1.45. The van der Waals surface area contributed by atoms with Crippen LogP contribution in [0.5, 0.6) is 0 Å². The minimum atomic E-state index is -3.51. The van der Waals surface area contributed by atoms with Crippen molar-refractivity contribution in [2.24, 2.45) is 0 Å². The number of furan rings is 1. The molecule has 0 atom stereocenters. The summed E-state index contributed by atoms with van der Waals surface area (Å²) in [5, 5.41) is 5.03. The highest BCUT2D eigenvalue weighted by Gasteiger charge is 2.19. The van der Waals surface area contributed by atoms with Crippen LogP contribution in [0.15, 0.2) is 32.9 Å². The number of rotatable bonds is 8. The molecule has 0 saturated heterocycles. The Kier molecular flexibility index (Phi) is 5.58. The highest BCUT2D eigenvalue weighted by Crippen LogP contribution is 2.22. The van der Waals surface area contributed by atoms with Gasteiger partial charge >= 0.3 is 0 Å². The zero-order valence-electron chi connectivity index (χ0n) is 12.2. The van der Waals surface area contributed by atoms with Gasteiger partial charge in [0.15, 0.2) is 0 Å². The summed E-state index contributed by atoms with van der Waals surface area (Å²) in [5.74, 6) is 1.38. The second-order valence-electron chi connectivity index (χ2n) is 4.72. The lowest BCUT2D eigenvalue weighted by Gasteiger charge is -2.07. The Bertz CT molecular complexity index is 674. The summed E-state index contributed by atoms with van der Waals surface area (Å²) < 4.78 is 32.7. The molecular formula is C14H20N2O3S2. The van der Waals surface area contributed by atoms with Gasteiger partial charge in [0.25, 0.3) is 0 Å². The van der Waals surface area contributed by atoms with Crippen LogP contribution in [-0.4, -0.2) is 15.0 Å². The Morgan fingerprint density at radius 1 is 1.24 bits per heavy atom. The molecule has 7 heteroatoms. The lowest BCUT2D eigenvalue weighted by molar-refractivity contribution is 0.475. The summed E-state index contributed by atoms with van der Waals surface area (Å²) in [4.78, 5) is 1.17. The number of sulfonamides is 1. The van der Waals surface area contributed by atoms with Crippen molar-refractivity contribution in [2.75, 3.05) is 6.54 Å². The monoisotopic (exact) mass is 328 g/mol. The second kappa shape index (κ2) is 7.22. The lowest BCUT2D eigenvalue weighted by atomic mass is 10.4. The van der Waals surface area contributed by atoms with E-state index in [2.05, 4.69) is 17.0 Å². The van der Waals surface area contributed by atoms with Gasteiger partial charge in [-0.05, 0) is 43.5 Å². The van der Waals surface area contributed by atoms with E-state index in [-0.39, 0.29) is 6.54 Å². The predicted molar refractivity (Wildman–Crippen MR) is 83.8 cm³/mol. The smallest absolute Gasteiger partial charge is 0.242 e. The minimum Gasteiger partial charge on any atom is -0.465 e. The first-order chi connectivity index (χ1) is 10.0. The molecule has 0 aromatic carbocycles. The lowest BCUT2D eigenvalue weighted by Crippen LogP contribution is -2.24. The third-order valence-corrected chi connectivity index (χ3v) is 5.47. The summed E-state index contributed by atoms with van der Waals surface area (Å²) in [7, 11) is -3.51. The highest BCUT2D eigenvalue weighted by atomic mass is 32.2. The highest BCUT2D eigenvalue weighted by molar-refractivity contribution is 7.89. The van der Waals surface area contributed by atoms with E-state index in [1.54, 1.807) is 17.5 Å². The third-order valence-electron chi connectivity index (χ3n) is 2.94. The molecule has 2 aromatic rings. The van der Waals surface area contributed by atoms with E-state index in [1.807, 2.05) is 13.0 Å². The average Bonchev–Trinajstić information content (AvgIpc) is 3.06. The molecular weight excluding hydrogens is 308 g/mol. The Morgan fingerprint density at radius 2 is 2.05 bits per heavy atom. The Hall–Kier alpha value is -1.15. The van der Waals surface area contributed by atoms with Crippen molar-refractivity contribution >= 4 is 21.4 Å². The van der Waals surface area contributed by atoms with Crippen LogP contribution in [0.2, 0.25) is 0 Å². The molecule has 0 radical (unpaired) electrons. The fraction of sp³-hybridized carbons (Fsp3) is 0.429. The fourth-order valence-corrected chi connectivity index (χ4v) is 4.30. The average molecular weight is 328 g/mol. The number of aryl methyl sites for hydroxylation is 1. The van der Waals surface area contributed by atoms with Crippen molar-refractivity contribution < 1.29 is 12.8 Å². The molecule has 21 heavy (non-hydrogen) atoms. The number of thiophene rings is 1. The van der Waals surface area contributed by atoms with Gasteiger partial charge in [0.2, 0.25) is 10.0 Å². The van der Waals surface area contributed by atoms with Crippen LogP contribution in [0.1, 0.15) is 29.7 Å². The first-order valence-corrected chi connectivity index (χ1v) is 9.21. The zero-order chi connectivity index (χ0) is 15.3. The van der Waals surface area contributed by atoms with Crippen LogP contribution >= 0.6 is 11.3 Å². The molecule has 0 aliphatic rings. The van der Waals surface area contributed by atoms with Gasteiger partial charge in [-0.25, -0.2) is 13.1 Å². The molecule has 0 spiro atoms. The maximum Gasteiger partial charge on any atom is 0.242 e. The van der Waals surface area contributed by atoms with Crippen molar-refractivity contribution in [1.82, 2.24) is 10.0 Å². The van der Waals surface area contributed by atoms with Gasteiger partial charge in [-0.3, -0.25) is 0 Å². The molecule has 5 nitrogen and oxygen atoms in total. The van der Waals surface area contributed by atoms with Gasteiger partial charge < -0.3 is 9.73 Å². The predicted octanol–water partition coefficient (Wildman–Crippen LogP) is 2.63. The molecule has 0 unspecified atom stereocenters. The van der Waals surface area contributed by atoms with E-state index in [4.69, 9.17) is 4.42 Å².